The number of amides is 2. The quantitative estimate of drug-likeness (QED) is 0.166. The number of ether oxygens (including phenoxy) is 1. The Balaban J connectivity index is 1.95. The van der Waals surface area contributed by atoms with Gasteiger partial charge < -0.3 is 30.9 Å². The smallest absolute Gasteiger partial charge is 0.305 e. The number of rotatable bonds is 7. The predicted molar refractivity (Wildman–Crippen MR) is 149 cm³/mol. The molecule has 5 N–H and O–H groups in total. The summed E-state index contributed by atoms with van der Waals surface area (Å²) in [4.78, 5) is 95.9. The molecule has 2 fully saturated rings. The number of likely N-dealkylation sites (N-methyl/N-ethyl adjacent to an activating group) is 2. The zero-order valence-electron chi connectivity index (χ0n) is 24.7. The van der Waals surface area contributed by atoms with Crippen LogP contribution in [0.2, 0.25) is 0 Å². The maximum Gasteiger partial charge on any atom is 0.305 e. The molecule has 3 aliphatic carbocycles. The van der Waals surface area contributed by atoms with Crippen molar-refractivity contribution >= 4 is 46.6 Å². The number of hydrogen-bond acceptors (Lipinski definition) is 12. The van der Waals surface area contributed by atoms with Gasteiger partial charge in [-0.3, -0.25) is 38.5 Å². The molecule has 0 heterocycles. The Morgan fingerprint density at radius 1 is 1.07 bits per heavy atom. The molecule has 1 aromatic carbocycles. The number of nitrogens with zero attached hydrogens (tertiary/aromatic N) is 2. The monoisotopic (exact) mass is 600 g/mol. The van der Waals surface area contributed by atoms with Gasteiger partial charge in [0, 0.05) is 12.3 Å². The van der Waals surface area contributed by atoms with Crippen molar-refractivity contribution in [3.8, 4) is 5.75 Å². The number of phenolic OH excluding ortho intramolecular Hbond substituents is 1. The van der Waals surface area contributed by atoms with E-state index in [2.05, 4.69) is 5.32 Å². The van der Waals surface area contributed by atoms with Crippen LogP contribution in [-0.4, -0.2) is 113 Å². The van der Waals surface area contributed by atoms with Gasteiger partial charge in [-0.15, -0.1) is 0 Å². The number of carbonyl (C=O) groups excluding carboxylic acids is 7. The van der Waals surface area contributed by atoms with Crippen molar-refractivity contribution in [3.05, 3.63) is 23.3 Å². The molecule has 0 aliphatic heterocycles. The molecular formula is C29H36N4O10. The van der Waals surface area contributed by atoms with Gasteiger partial charge in [0.2, 0.25) is 11.8 Å². The Morgan fingerprint density at radius 3 is 2.23 bits per heavy atom. The molecule has 8 atom stereocenters. The van der Waals surface area contributed by atoms with Gasteiger partial charge in [0.1, 0.15) is 11.9 Å². The summed E-state index contributed by atoms with van der Waals surface area (Å²) < 4.78 is 5.77. The molecule has 2 amide bonds. The van der Waals surface area contributed by atoms with E-state index in [0.717, 1.165) is 0 Å². The van der Waals surface area contributed by atoms with E-state index >= 15 is 0 Å². The second-order valence-electron chi connectivity index (χ2n) is 11.9. The zero-order valence-corrected chi connectivity index (χ0v) is 24.7. The van der Waals surface area contributed by atoms with Crippen LogP contribution in [0.25, 0.3) is 0 Å². The number of Topliss-reactive ketones (excluding diaryl/α,β-unsaturated/α-hetero) is 4. The van der Waals surface area contributed by atoms with Crippen LogP contribution in [0.3, 0.4) is 0 Å². The molecule has 14 heteroatoms. The largest absolute Gasteiger partial charge is 0.505 e. The number of benzene rings is 1. The number of fused-ring (bicyclic) bond motifs is 3. The number of ketones is 4. The van der Waals surface area contributed by atoms with Gasteiger partial charge in [-0.05, 0) is 45.7 Å². The topological polar surface area (TPSA) is 214 Å². The number of nitrogens with two attached hydrogens (primary N) is 1. The highest BCUT2D eigenvalue weighted by Crippen LogP contribution is 2.56. The maximum absolute atomic E-state index is 14.3. The molecule has 43 heavy (non-hydrogen) atoms. The van der Waals surface area contributed by atoms with E-state index in [4.69, 9.17) is 10.5 Å². The molecule has 232 valence electrons. The normalized spacial score (nSPS) is 31.8. The lowest BCUT2D eigenvalue weighted by Crippen LogP contribution is -2.78. The number of aromatic hydroxyl groups is 1. The third-order valence-corrected chi connectivity index (χ3v) is 8.75. The summed E-state index contributed by atoms with van der Waals surface area (Å²) >= 11 is 0. The lowest BCUT2D eigenvalue weighted by molar-refractivity contribution is -0.205. The third-order valence-electron chi connectivity index (χ3n) is 8.75. The molecule has 0 aromatic heterocycles. The molecule has 14 nitrogen and oxygen atoms in total. The van der Waals surface area contributed by atoms with E-state index in [9.17, 15) is 43.8 Å². The molecule has 8 unspecified atom stereocenters. The number of anilines is 1. The molecule has 0 radical (unpaired) electrons. The first-order valence-electron chi connectivity index (χ1n) is 13.8. The minimum atomic E-state index is -3.11. The lowest BCUT2D eigenvalue weighted by atomic mass is 9.49. The fourth-order valence-corrected chi connectivity index (χ4v) is 6.92. The fourth-order valence-electron chi connectivity index (χ4n) is 6.92. The van der Waals surface area contributed by atoms with Gasteiger partial charge in [-0.1, -0.05) is 19.9 Å². The second-order valence-corrected chi connectivity index (χ2v) is 11.9. The molecule has 4 rings (SSSR count). The highest BCUT2D eigenvalue weighted by molar-refractivity contribution is 6.32. The summed E-state index contributed by atoms with van der Waals surface area (Å²) in [5.74, 6) is -15.6. The summed E-state index contributed by atoms with van der Waals surface area (Å²) in [5, 5.41) is 25.7. The van der Waals surface area contributed by atoms with E-state index < -0.39 is 94.0 Å². The van der Waals surface area contributed by atoms with Crippen molar-refractivity contribution in [2.24, 2.45) is 29.4 Å². The highest BCUT2D eigenvalue weighted by atomic mass is 16.5. The van der Waals surface area contributed by atoms with E-state index in [0.29, 0.717) is 0 Å². The van der Waals surface area contributed by atoms with E-state index in [1.165, 1.54) is 38.1 Å². The average Bonchev–Trinajstić information content (AvgIpc) is 2.90. The van der Waals surface area contributed by atoms with Gasteiger partial charge in [0.05, 0.1) is 35.7 Å². The summed E-state index contributed by atoms with van der Waals surface area (Å²) in [5.41, 5.74) is 2.14. The van der Waals surface area contributed by atoms with Crippen LogP contribution in [0.1, 0.15) is 42.1 Å². The van der Waals surface area contributed by atoms with Crippen LogP contribution in [0.4, 0.5) is 5.69 Å². The van der Waals surface area contributed by atoms with E-state index in [1.54, 1.807) is 25.9 Å². The predicted octanol–water partition coefficient (Wildman–Crippen LogP) is -1.14. The highest BCUT2D eigenvalue weighted by Gasteiger charge is 2.74. The van der Waals surface area contributed by atoms with Crippen LogP contribution in [0.15, 0.2) is 12.1 Å². The SMILES string of the molecule is CCC(=O)OC1C2C(C(=O)c3c(ccc(NC(=O)CN(C)C)c3O)C2C)C(=O)C2(O)C(=O)C(C(N)=O)C(=O)C(N(C)C)C12. The van der Waals surface area contributed by atoms with Crippen LogP contribution in [0.5, 0.6) is 5.75 Å². The third kappa shape index (κ3) is 4.82. The van der Waals surface area contributed by atoms with Crippen molar-refractivity contribution in [1.29, 1.82) is 0 Å². The number of hydrogen-bond donors (Lipinski definition) is 4. The minimum Gasteiger partial charge on any atom is -0.505 e. The van der Waals surface area contributed by atoms with Gasteiger partial charge >= 0.3 is 5.97 Å². The zero-order chi connectivity index (χ0) is 32.3. The summed E-state index contributed by atoms with van der Waals surface area (Å²) in [6.07, 6.45) is -1.65. The van der Waals surface area contributed by atoms with Gasteiger partial charge in [0.25, 0.3) is 0 Å². The summed E-state index contributed by atoms with van der Waals surface area (Å²) in [6.45, 7) is 3.09. The van der Waals surface area contributed by atoms with Crippen molar-refractivity contribution in [2.75, 3.05) is 40.1 Å². The molecule has 0 spiro atoms. The number of aliphatic hydroxyl groups is 1. The van der Waals surface area contributed by atoms with Crippen LogP contribution in [0, 0.1) is 23.7 Å². The van der Waals surface area contributed by atoms with Crippen molar-refractivity contribution in [3.63, 3.8) is 0 Å². The summed E-state index contributed by atoms with van der Waals surface area (Å²) in [7, 11) is 6.19. The van der Waals surface area contributed by atoms with Crippen LogP contribution in [-0.2, 0) is 33.5 Å². The molecule has 0 bridgehead atoms. The molecule has 2 saturated carbocycles. The van der Waals surface area contributed by atoms with E-state index in [-0.39, 0.29) is 29.8 Å². The van der Waals surface area contributed by atoms with Crippen molar-refractivity contribution in [2.45, 2.75) is 43.9 Å². The second kappa shape index (κ2) is 11.2. The Kier molecular flexibility index (Phi) is 8.35. The fraction of sp³-hybridized carbons (Fsp3) is 0.552. The summed E-state index contributed by atoms with van der Waals surface area (Å²) in [6, 6.07) is 1.42. The Labute approximate surface area is 247 Å². The van der Waals surface area contributed by atoms with E-state index in [1.807, 2.05) is 0 Å². The number of phenols is 1. The molecule has 1 aromatic rings. The minimum absolute atomic E-state index is 0.0299. The number of esters is 1. The number of carbonyl (C=O) groups is 7. The molecule has 0 saturated heterocycles. The first kappa shape index (κ1) is 31.9. The standard InChI is InChI=1S/C29H36N4O10/c1-7-15(35)43-25-16-11(2)12-8-9-13(31-14(34)10-32(3)4)22(36)17(12)23(37)18(16)26(39)29(42)20(25)21(33(5)6)24(38)19(27(29)40)28(30)41/h8-9,11,16,18-21,25,36,42H,7,10H2,1-6H3,(H2,30,41)(H,31,34). The Morgan fingerprint density at radius 2 is 1.70 bits per heavy atom. The van der Waals surface area contributed by atoms with Crippen LogP contribution >= 0.6 is 0 Å². The van der Waals surface area contributed by atoms with Gasteiger partial charge in [-0.2, -0.15) is 0 Å². The first-order valence-corrected chi connectivity index (χ1v) is 13.8. The first-order chi connectivity index (χ1) is 20.0. The van der Waals surface area contributed by atoms with Crippen LogP contribution < -0.4 is 11.1 Å². The lowest BCUT2D eigenvalue weighted by Gasteiger charge is -2.56. The maximum atomic E-state index is 14.3. The number of primary amides is 1. The average molecular weight is 601 g/mol. The molecule has 3 aliphatic rings. The Bertz CT molecular complexity index is 1440. The van der Waals surface area contributed by atoms with Crippen molar-refractivity contribution in [1.82, 2.24) is 9.80 Å². The Hall–Kier alpha value is -4.01. The molecular weight excluding hydrogens is 564 g/mol. The number of nitrogens with one attached hydrogen (secondary N) is 1. The van der Waals surface area contributed by atoms with Gasteiger partial charge in [-0.25, -0.2) is 0 Å². The van der Waals surface area contributed by atoms with Crippen molar-refractivity contribution < 1.29 is 48.5 Å². The van der Waals surface area contributed by atoms with Gasteiger partial charge in [0.15, 0.2) is 34.7 Å².